The highest BCUT2D eigenvalue weighted by molar-refractivity contribution is 5.70. The number of imidazole rings is 4. The van der Waals surface area contributed by atoms with E-state index in [0.29, 0.717) is 19.3 Å². The number of nitrogens with zero attached hydrogens (tertiary/aromatic N) is 12. The van der Waals surface area contributed by atoms with Gasteiger partial charge in [0.2, 0.25) is 0 Å². The predicted octanol–water partition coefficient (Wildman–Crippen LogP) is 14.4. The third-order valence-electron chi connectivity index (χ3n) is 16.3. The fourth-order valence-electron chi connectivity index (χ4n) is 10.8. The van der Waals surface area contributed by atoms with Gasteiger partial charge in [0.05, 0.1) is 36.1 Å². The molecule has 12 aromatic rings. The van der Waals surface area contributed by atoms with E-state index in [-0.39, 0.29) is 26.6 Å². The quantitative estimate of drug-likeness (QED) is 0.0859. The predicted molar refractivity (Wildman–Crippen MR) is 369 cm³/mol. The third-order valence-corrected chi connectivity index (χ3v) is 16.3. The number of aryl methyl sites for hydroxylation is 7. The summed E-state index contributed by atoms with van der Waals surface area (Å²) in [5.74, 6) is 0. The van der Waals surface area contributed by atoms with Gasteiger partial charge < -0.3 is 47.4 Å². The molecule has 0 bridgehead atoms. The molecule has 2 N–H and O–H groups in total. The van der Waals surface area contributed by atoms with Gasteiger partial charge in [-0.3, -0.25) is 8.78 Å². The Kier molecular flexibility index (Phi) is 21.5. The second-order valence-corrected chi connectivity index (χ2v) is 23.8. The SMILES string of the molecule is Cc1cc2nc(-c3ccc(N(C)C)cc3)cn2cc1CCCF.Cc1cc2nc(-c3ccc(N(C)C)cc3)cn2cc1CCCO.Cc1cc2nc(-c3ccc(N(C)C)cc3)cn2cc1CCF.Cc1cc2nc(-c3ccc(N(C)C)cc3)cn2cc1CCO. The molecule has 16 heteroatoms. The Labute approximate surface area is 528 Å². The Morgan fingerprint density at radius 3 is 0.811 bits per heavy atom. The van der Waals surface area contributed by atoms with E-state index in [4.69, 9.17) is 25.2 Å². The van der Waals surface area contributed by atoms with E-state index >= 15 is 0 Å². The van der Waals surface area contributed by atoms with Crippen molar-refractivity contribution in [1.29, 1.82) is 0 Å². The molecule has 90 heavy (non-hydrogen) atoms. The van der Waals surface area contributed by atoms with E-state index in [1.54, 1.807) is 0 Å². The lowest BCUT2D eigenvalue weighted by Crippen LogP contribution is -2.07. The van der Waals surface area contributed by atoms with Gasteiger partial charge in [0.1, 0.15) is 22.6 Å². The number of pyridine rings is 4. The molecule has 0 spiro atoms. The number of aromatic nitrogens is 8. The molecule has 4 aromatic carbocycles. The molecular weight excluding hydrogens is 1130 g/mol. The zero-order valence-corrected chi connectivity index (χ0v) is 54.3. The van der Waals surface area contributed by atoms with Crippen molar-refractivity contribution in [3.8, 4) is 45.0 Å². The molecule has 0 aliphatic carbocycles. The number of anilines is 4. The van der Waals surface area contributed by atoms with E-state index in [1.807, 2.05) is 107 Å². The number of aliphatic hydroxyl groups is 2. The minimum atomic E-state index is -0.333. The highest BCUT2D eigenvalue weighted by Crippen LogP contribution is 2.29. The number of aliphatic hydroxyl groups excluding tert-OH is 2. The first-order chi connectivity index (χ1) is 43.3. The monoisotopic (exact) mass is 1210 g/mol. The molecule has 0 atom stereocenters. The van der Waals surface area contributed by atoms with Crippen molar-refractivity contribution in [2.24, 2.45) is 0 Å². The Morgan fingerprint density at radius 2 is 0.578 bits per heavy atom. The van der Waals surface area contributed by atoms with Crippen LogP contribution in [-0.2, 0) is 25.7 Å². The summed E-state index contributed by atoms with van der Waals surface area (Å²) in [6.07, 6.45) is 20.5. The molecule has 8 heterocycles. The fourth-order valence-corrected chi connectivity index (χ4v) is 10.8. The molecule has 468 valence electrons. The van der Waals surface area contributed by atoms with Crippen LogP contribution >= 0.6 is 0 Å². The molecule has 0 unspecified atom stereocenters. The minimum absolute atomic E-state index is 0.167. The third kappa shape index (κ3) is 15.9. The first-order valence-corrected chi connectivity index (χ1v) is 30.7. The van der Waals surface area contributed by atoms with Crippen molar-refractivity contribution in [3.05, 3.63) is 215 Å². The van der Waals surface area contributed by atoms with Crippen LogP contribution in [0.5, 0.6) is 0 Å². The van der Waals surface area contributed by atoms with Crippen LogP contribution < -0.4 is 19.6 Å². The standard InChI is InChI=1S/C19H22FN3.C19H23N3O.C18H20FN3.C18H21N3O/c1-14-11-19-21-18(13-23(19)12-16(14)5-4-10-20)15-6-8-17(9-7-15)22(2)3;1-14-11-19-20-18(13-22(19)12-16(14)5-4-10-23)15-6-8-17(9-7-15)21(2)3;1-13-10-18-20-17(12-22(18)11-15(13)8-9-19)14-4-6-16(7-5-14)21(2)3;1-13-10-18-19-17(12-21(18)11-15(13)8-9-22)14-4-6-16(7-5-14)20(2)3/h6-9,11-13H,4-5,10H2,1-3H3;6-9,11-13,23H,4-5,10H2,1-3H3;4-7,10-12H,8-9H2,1-3H3;4-7,10-12,22H,8-9H2,1-3H3. The number of alkyl halides is 2. The Morgan fingerprint density at radius 1 is 0.322 bits per heavy atom. The second kappa shape index (κ2) is 29.7. The zero-order valence-electron chi connectivity index (χ0n) is 54.3. The van der Waals surface area contributed by atoms with Gasteiger partial charge in [-0.2, -0.15) is 0 Å². The van der Waals surface area contributed by atoms with Crippen molar-refractivity contribution in [2.75, 3.05) is 103 Å². The molecule has 0 amide bonds. The molecule has 8 aromatic heterocycles. The van der Waals surface area contributed by atoms with Crippen LogP contribution in [-0.4, -0.2) is 131 Å². The number of halogens is 2. The fraction of sp³-hybridized carbons (Fsp3) is 0.297. The zero-order chi connectivity index (χ0) is 64.2. The lowest BCUT2D eigenvalue weighted by molar-refractivity contribution is 0.288. The maximum atomic E-state index is 12.6. The second-order valence-electron chi connectivity index (χ2n) is 23.8. The number of benzene rings is 4. The van der Waals surface area contributed by atoms with Gasteiger partial charge in [-0.15, -0.1) is 0 Å². The molecule has 0 radical (unpaired) electrons. The van der Waals surface area contributed by atoms with E-state index < -0.39 is 0 Å². The summed E-state index contributed by atoms with van der Waals surface area (Å²) in [7, 11) is 16.2. The molecular formula is C74H86F2N12O2. The van der Waals surface area contributed by atoms with Crippen molar-refractivity contribution in [2.45, 2.75) is 66.2 Å². The average Bonchev–Trinajstić information content (AvgIpc) is 1.84. The lowest BCUT2D eigenvalue weighted by atomic mass is 10.1. The van der Waals surface area contributed by atoms with Crippen molar-refractivity contribution in [3.63, 3.8) is 0 Å². The maximum absolute atomic E-state index is 12.6. The van der Waals surface area contributed by atoms with Crippen molar-refractivity contribution >= 4 is 45.3 Å². The van der Waals surface area contributed by atoms with Crippen LogP contribution in [0.3, 0.4) is 0 Å². The highest BCUT2D eigenvalue weighted by atomic mass is 19.1. The van der Waals surface area contributed by atoms with Crippen LogP contribution in [0.2, 0.25) is 0 Å². The summed E-state index contributed by atoms with van der Waals surface area (Å²) in [4.78, 5) is 27.2. The van der Waals surface area contributed by atoms with E-state index in [1.165, 1.54) is 44.9 Å². The van der Waals surface area contributed by atoms with Gasteiger partial charge in [-0.25, -0.2) is 19.9 Å². The molecule has 0 saturated carbocycles. The van der Waals surface area contributed by atoms with Crippen LogP contribution in [0.15, 0.2) is 171 Å². The molecule has 0 aliphatic heterocycles. The summed E-state index contributed by atoms with van der Waals surface area (Å²) < 4.78 is 33.1. The van der Waals surface area contributed by atoms with Crippen LogP contribution in [0.4, 0.5) is 31.5 Å². The molecule has 0 saturated heterocycles. The maximum Gasteiger partial charge on any atom is 0.137 e. The topological polar surface area (TPSA) is 123 Å². The largest absolute Gasteiger partial charge is 0.396 e. The van der Waals surface area contributed by atoms with Crippen molar-refractivity contribution < 1.29 is 19.0 Å². The van der Waals surface area contributed by atoms with Crippen LogP contribution in [0.1, 0.15) is 57.3 Å². The number of fused-ring (bicyclic) bond motifs is 4. The van der Waals surface area contributed by atoms with Crippen LogP contribution in [0, 0.1) is 27.7 Å². The normalized spacial score (nSPS) is 11.1. The smallest absolute Gasteiger partial charge is 0.137 e. The van der Waals surface area contributed by atoms with Crippen molar-refractivity contribution in [1.82, 2.24) is 37.5 Å². The summed E-state index contributed by atoms with van der Waals surface area (Å²) in [5, 5.41) is 18.2. The van der Waals surface area contributed by atoms with E-state index in [0.717, 1.165) is 109 Å². The minimum Gasteiger partial charge on any atom is -0.396 e. The van der Waals surface area contributed by atoms with Gasteiger partial charge >= 0.3 is 0 Å². The van der Waals surface area contributed by atoms with E-state index in [2.05, 4.69) is 190 Å². The van der Waals surface area contributed by atoms with Gasteiger partial charge in [0.15, 0.2) is 0 Å². The first kappa shape index (κ1) is 65.1. The van der Waals surface area contributed by atoms with Crippen LogP contribution in [0.25, 0.3) is 67.6 Å². The summed E-state index contributed by atoms with van der Waals surface area (Å²) in [5.41, 5.74) is 25.9. The van der Waals surface area contributed by atoms with Gasteiger partial charge in [0, 0.05) is 171 Å². The molecule has 14 nitrogen and oxygen atoms in total. The molecule has 12 rings (SSSR count). The van der Waals surface area contributed by atoms with Gasteiger partial charge in [0.25, 0.3) is 0 Å². The lowest BCUT2D eigenvalue weighted by Gasteiger charge is -2.12. The summed E-state index contributed by atoms with van der Waals surface area (Å²) in [6.45, 7) is 8.02. The highest BCUT2D eigenvalue weighted by Gasteiger charge is 2.13. The summed E-state index contributed by atoms with van der Waals surface area (Å²) in [6, 6.07) is 41.8. The number of hydrogen-bond donors (Lipinski definition) is 2. The Hall–Kier alpha value is -9.38. The average molecular weight is 1210 g/mol. The summed E-state index contributed by atoms with van der Waals surface area (Å²) >= 11 is 0. The van der Waals surface area contributed by atoms with E-state index in [9.17, 15) is 8.78 Å². The molecule has 0 aliphatic rings. The number of rotatable bonds is 18. The van der Waals surface area contributed by atoms with Gasteiger partial charge in [-0.1, -0.05) is 48.5 Å². The molecule has 0 fully saturated rings. The van der Waals surface area contributed by atoms with Gasteiger partial charge in [-0.05, 0) is 177 Å². The number of hydrogen-bond acceptors (Lipinski definition) is 10. The first-order valence-electron chi connectivity index (χ1n) is 30.7. The Bertz CT molecular complexity index is 4020. The Balaban J connectivity index is 0.000000142.